The van der Waals surface area contributed by atoms with Crippen LogP contribution in [0, 0.1) is 22.7 Å². The van der Waals surface area contributed by atoms with E-state index in [1.807, 2.05) is 6.92 Å². The third-order valence-corrected chi connectivity index (χ3v) is 9.31. The van der Waals surface area contributed by atoms with Gasteiger partial charge in [0.2, 0.25) is 5.60 Å². The minimum absolute atomic E-state index is 0.00815. The molecule has 184 valence electrons. The van der Waals surface area contributed by atoms with Crippen LogP contribution in [-0.2, 0) is 23.8 Å². The number of aliphatic hydroxyl groups is 1. The Hall–Kier alpha value is -1.67. The minimum Gasteiger partial charge on any atom is -0.446 e. The molecule has 0 aromatic heterocycles. The normalized spacial score (nSPS) is 44.1. The Morgan fingerprint density at radius 1 is 1.18 bits per heavy atom. The smallest absolute Gasteiger partial charge is 0.446 e. The topological polar surface area (TPSA) is 99.1 Å². The Kier molecular flexibility index (Phi) is 6.09. The second kappa shape index (κ2) is 8.22. The molecular formula is C24H32ClFO7. The molecule has 4 aliphatic rings. The molecule has 33 heavy (non-hydrogen) atoms. The van der Waals surface area contributed by atoms with Gasteiger partial charge in [-0.3, -0.25) is 4.79 Å². The summed E-state index contributed by atoms with van der Waals surface area (Å²) in [6.45, 7) is 5.25. The monoisotopic (exact) mass is 486 g/mol. The van der Waals surface area contributed by atoms with Crippen molar-refractivity contribution in [2.45, 2.75) is 83.1 Å². The lowest BCUT2D eigenvalue weighted by atomic mass is 9.44. The molecule has 4 aliphatic carbocycles. The van der Waals surface area contributed by atoms with Gasteiger partial charge in [-0.25, -0.2) is 14.0 Å². The molecule has 0 bridgehead atoms. The van der Waals surface area contributed by atoms with E-state index in [1.54, 1.807) is 19.9 Å². The van der Waals surface area contributed by atoms with Crippen molar-refractivity contribution < 1.29 is 38.1 Å². The van der Waals surface area contributed by atoms with Crippen LogP contribution in [0.3, 0.4) is 0 Å². The van der Waals surface area contributed by atoms with E-state index in [1.165, 1.54) is 0 Å². The largest absolute Gasteiger partial charge is 0.509 e. The maximum atomic E-state index is 17.2. The SMILES string of the molecule is CCOC(=O)OC1(C(=O)OCCl)CC[C@H]2[C@@H]3CCC4=CC(=O)CC[C@]4(C)[C@]3(F)C(O)C[C@@]21C. The number of halogens is 2. The Labute approximate surface area is 198 Å². The molecule has 0 saturated heterocycles. The summed E-state index contributed by atoms with van der Waals surface area (Å²) in [4.78, 5) is 37.6. The Morgan fingerprint density at radius 3 is 2.58 bits per heavy atom. The summed E-state index contributed by atoms with van der Waals surface area (Å²) >= 11 is 5.67. The third kappa shape index (κ3) is 3.19. The number of alkyl halides is 2. The van der Waals surface area contributed by atoms with Crippen molar-refractivity contribution >= 4 is 29.5 Å². The van der Waals surface area contributed by atoms with E-state index in [4.69, 9.17) is 25.8 Å². The van der Waals surface area contributed by atoms with Crippen LogP contribution in [0.15, 0.2) is 11.6 Å². The zero-order valence-electron chi connectivity index (χ0n) is 19.3. The first-order chi connectivity index (χ1) is 15.5. The number of allylic oxidation sites excluding steroid dienone is 1. The van der Waals surface area contributed by atoms with E-state index in [0.717, 1.165) is 5.57 Å². The van der Waals surface area contributed by atoms with Gasteiger partial charge < -0.3 is 19.3 Å². The van der Waals surface area contributed by atoms with Crippen LogP contribution in [0.5, 0.6) is 0 Å². The lowest BCUT2D eigenvalue weighted by Crippen LogP contribution is -2.70. The van der Waals surface area contributed by atoms with Crippen molar-refractivity contribution in [2.24, 2.45) is 22.7 Å². The van der Waals surface area contributed by atoms with Crippen molar-refractivity contribution in [2.75, 3.05) is 12.7 Å². The predicted octanol–water partition coefficient (Wildman–Crippen LogP) is 4.23. The molecule has 3 fully saturated rings. The molecular weight excluding hydrogens is 455 g/mol. The van der Waals surface area contributed by atoms with E-state index in [2.05, 4.69) is 0 Å². The maximum absolute atomic E-state index is 17.2. The number of hydrogen-bond donors (Lipinski definition) is 1. The van der Waals surface area contributed by atoms with Gasteiger partial charge in [0.15, 0.2) is 11.8 Å². The van der Waals surface area contributed by atoms with E-state index in [9.17, 15) is 19.5 Å². The number of rotatable bonds is 4. The molecule has 0 aromatic carbocycles. The van der Waals surface area contributed by atoms with Crippen LogP contribution >= 0.6 is 11.6 Å². The van der Waals surface area contributed by atoms with Crippen molar-refractivity contribution in [3.63, 3.8) is 0 Å². The number of carbonyl (C=O) groups excluding carboxylic acids is 3. The Bertz CT molecular complexity index is 892. The molecule has 0 aromatic rings. The lowest BCUT2D eigenvalue weighted by molar-refractivity contribution is -0.234. The van der Waals surface area contributed by atoms with Crippen LogP contribution in [0.4, 0.5) is 9.18 Å². The van der Waals surface area contributed by atoms with Crippen LogP contribution in [0.1, 0.15) is 65.7 Å². The Morgan fingerprint density at radius 2 is 1.91 bits per heavy atom. The van der Waals surface area contributed by atoms with E-state index in [0.29, 0.717) is 25.7 Å². The third-order valence-electron chi connectivity index (χ3n) is 9.20. The number of ether oxygens (including phenoxy) is 3. The second-order valence-electron chi connectivity index (χ2n) is 10.3. The van der Waals surface area contributed by atoms with Crippen molar-refractivity contribution in [1.82, 2.24) is 0 Å². The highest BCUT2D eigenvalue weighted by atomic mass is 35.5. The molecule has 0 amide bonds. The summed E-state index contributed by atoms with van der Waals surface area (Å²) in [6, 6.07) is -0.424. The van der Waals surface area contributed by atoms with Crippen LogP contribution in [-0.4, -0.2) is 53.1 Å². The second-order valence-corrected chi connectivity index (χ2v) is 10.5. The molecule has 2 unspecified atom stereocenters. The molecule has 0 spiro atoms. The quantitative estimate of drug-likeness (QED) is 0.468. The highest BCUT2D eigenvalue weighted by molar-refractivity contribution is 6.17. The molecule has 0 radical (unpaired) electrons. The summed E-state index contributed by atoms with van der Waals surface area (Å²) in [6.07, 6.45) is 1.14. The molecule has 9 heteroatoms. The fraction of sp³-hybridized carbons (Fsp3) is 0.792. The molecule has 1 N–H and O–H groups in total. The lowest BCUT2D eigenvalue weighted by Gasteiger charge is -2.63. The zero-order chi connectivity index (χ0) is 24.2. The fourth-order valence-corrected chi connectivity index (χ4v) is 7.66. The molecule has 7 nitrogen and oxygen atoms in total. The zero-order valence-corrected chi connectivity index (χ0v) is 20.1. The standard InChI is InChI=1S/C24H32ClFO7/c1-4-31-20(30)33-23(19(29)32-13-25)10-8-16-17-6-5-14-11-15(27)7-9-21(14,2)24(17,26)18(28)12-22(16,23)3/h11,16-18,28H,4-10,12-13H2,1-3H3/t16-,17-,18?,21-,22-,23?,24+/m0/s1. The highest BCUT2D eigenvalue weighted by Gasteiger charge is 2.76. The first-order valence-electron chi connectivity index (χ1n) is 11.7. The molecule has 7 atom stereocenters. The first-order valence-corrected chi connectivity index (χ1v) is 12.2. The van der Waals surface area contributed by atoms with Gasteiger partial charge in [-0.05, 0) is 57.4 Å². The summed E-state index contributed by atoms with van der Waals surface area (Å²) in [5.74, 6) is -1.73. The molecule has 0 aliphatic heterocycles. The van der Waals surface area contributed by atoms with Gasteiger partial charge in [0.25, 0.3) is 0 Å². The fourth-order valence-electron chi connectivity index (χ4n) is 7.56. The maximum Gasteiger partial charge on any atom is 0.509 e. The first kappa shape index (κ1) is 24.5. The van der Waals surface area contributed by atoms with Gasteiger partial charge in [-0.15, -0.1) is 0 Å². The highest BCUT2D eigenvalue weighted by Crippen LogP contribution is 2.71. The average Bonchev–Trinajstić information content (AvgIpc) is 3.03. The predicted molar refractivity (Wildman–Crippen MR) is 116 cm³/mol. The van der Waals surface area contributed by atoms with Crippen molar-refractivity contribution in [3.05, 3.63) is 11.6 Å². The molecule has 4 rings (SSSR count). The summed E-state index contributed by atoms with van der Waals surface area (Å²) in [5.41, 5.74) is -4.98. The van der Waals surface area contributed by atoms with Crippen molar-refractivity contribution in [3.8, 4) is 0 Å². The van der Waals surface area contributed by atoms with Gasteiger partial charge in [0.05, 0.1) is 12.7 Å². The van der Waals surface area contributed by atoms with Gasteiger partial charge in [0.1, 0.15) is 5.67 Å². The van der Waals surface area contributed by atoms with Crippen LogP contribution in [0.2, 0.25) is 0 Å². The van der Waals surface area contributed by atoms with Gasteiger partial charge in [-0.2, -0.15) is 0 Å². The average molecular weight is 487 g/mol. The summed E-state index contributed by atoms with van der Waals surface area (Å²) < 4.78 is 32.9. The van der Waals surface area contributed by atoms with Gasteiger partial charge in [-0.1, -0.05) is 31.0 Å². The van der Waals surface area contributed by atoms with E-state index < -0.39 is 52.3 Å². The van der Waals surface area contributed by atoms with Gasteiger partial charge >= 0.3 is 12.1 Å². The van der Waals surface area contributed by atoms with E-state index >= 15 is 4.39 Å². The van der Waals surface area contributed by atoms with Crippen molar-refractivity contribution in [1.29, 1.82) is 0 Å². The number of carbonyl (C=O) groups is 3. The summed E-state index contributed by atoms with van der Waals surface area (Å²) in [5, 5.41) is 11.4. The van der Waals surface area contributed by atoms with Crippen LogP contribution < -0.4 is 0 Å². The number of ketones is 1. The number of aliphatic hydroxyl groups excluding tert-OH is 1. The minimum atomic E-state index is -1.96. The molecule has 3 saturated carbocycles. The van der Waals surface area contributed by atoms with Crippen LogP contribution in [0.25, 0.3) is 0 Å². The van der Waals surface area contributed by atoms with E-state index in [-0.39, 0.29) is 37.6 Å². The number of esters is 1. The number of fused-ring (bicyclic) bond motifs is 5. The Balaban J connectivity index is 1.77. The summed E-state index contributed by atoms with van der Waals surface area (Å²) in [7, 11) is 0. The van der Waals surface area contributed by atoms with Gasteiger partial charge in [0, 0.05) is 23.2 Å². The molecule has 0 heterocycles. The number of hydrogen-bond acceptors (Lipinski definition) is 7.